The minimum Gasteiger partial charge on any atom is -0.458 e. The first-order valence-corrected chi connectivity index (χ1v) is 13.5. The average Bonchev–Trinajstić information content (AvgIpc) is 2.95. The van der Waals surface area contributed by atoms with Crippen LogP contribution >= 0.6 is 7.26 Å². The number of esters is 1. The van der Waals surface area contributed by atoms with Gasteiger partial charge in [-0.05, 0) is 68.4 Å². The summed E-state index contributed by atoms with van der Waals surface area (Å²) in [5.41, 5.74) is 3.05. The minimum atomic E-state index is -1.80. The summed E-state index contributed by atoms with van der Waals surface area (Å²) >= 11 is 0. The summed E-state index contributed by atoms with van der Waals surface area (Å²) in [4.78, 5) is 25.7. The van der Waals surface area contributed by atoms with E-state index in [4.69, 9.17) is 4.74 Å². The molecule has 2 aromatic rings. The quantitative estimate of drug-likeness (QED) is 0.439. The molecule has 0 aromatic heterocycles. The van der Waals surface area contributed by atoms with E-state index < -0.39 is 7.26 Å². The van der Waals surface area contributed by atoms with Crippen molar-refractivity contribution in [3.05, 3.63) is 65.0 Å². The van der Waals surface area contributed by atoms with E-state index >= 15 is 0 Å². The van der Waals surface area contributed by atoms with Crippen LogP contribution in [0.2, 0.25) is 0 Å². The van der Waals surface area contributed by atoms with E-state index in [1.54, 1.807) is 13.8 Å². The van der Waals surface area contributed by atoms with E-state index in [9.17, 15) is 14.0 Å². The van der Waals surface area contributed by atoms with Crippen LogP contribution in [0.4, 0.5) is 10.1 Å². The molecule has 1 saturated heterocycles. The third-order valence-electron chi connectivity index (χ3n) is 5.96. The van der Waals surface area contributed by atoms with Crippen molar-refractivity contribution >= 4 is 24.8 Å². The number of ether oxygens (including phenoxy) is 1. The molecule has 6 heteroatoms. The summed E-state index contributed by atoms with van der Waals surface area (Å²) in [6, 6.07) is 12.5. The number of halogens is 1. The molecule has 0 atom stereocenters. The fourth-order valence-electron chi connectivity index (χ4n) is 4.38. The van der Waals surface area contributed by atoms with Crippen LogP contribution in [-0.2, 0) is 20.9 Å². The zero-order valence-electron chi connectivity index (χ0n) is 18.5. The molecule has 0 spiro atoms. The molecule has 1 heterocycles. The van der Waals surface area contributed by atoms with Gasteiger partial charge in [0.05, 0.1) is 12.3 Å². The lowest BCUT2D eigenvalue weighted by molar-refractivity contribution is -0.141. The van der Waals surface area contributed by atoms with Crippen LogP contribution in [0.15, 0.2) is 42.5 Å². The fraction of sp³-hybridized carbons (Fsp3) is 0.440. The third-order valence-corrected chi connectivity index (χ3v) is 10.4. The second-order valence-electron chi connectivity index (χ2n) is 8.63. The van der Waals surface area contributed by atoms with Crippen molar-refractivity contribution in [1.82, 2.24) is 0 Å². The van der Waals surface area contributed by atoms with E-state index in [0.29, 0.717) is 29.1 Å². The Morgan fingerprint density at radius 1 is 0.968 bits per heavy atom. The standard InChI is InChI=1S/C25H31FNO3P/c1-19-14-22(26)15-20(2)25(19)27-23(28)17-31(12-8-3-4-9-13-31)18-24(29)30-16-21-10-6-5-7-11-21/h5-7,10-11,14-15H,3-4,8-9,12-13,16-18H2,1-2H3/p+1. The summed E-state index contributed by atoms with van der Waals surface area (Å²) in [6.45, 7) is 3.85. The average molecular weight is 445 g/mol. The number of hydrogen-bond acceptors (Lipinski definition) is 3. The molecule has 1 fully saturated rings. The zero-order valence-corrected chi connectivity index (χ0v) is 19.3. The number of carbonyl (C=O) groups excluding carboxylic acids is 2. The van der Waals surface area contributed by atoms with E-state index in [-0.39, 0.29) is 24.3 Å². The third kappa shape index (κ3) is 6.87. The Kier molecular flexibility index (Phi) is 8.20. The van der Waals surface area contributed by atoms with Crippen LogP contribution < -0.4 is 5.32 Å². The Morgan fingerprint density at radius 3 is 2.19 bits per heavy atom. The topological polar surface area (TPSA) is 55.4 Å². The molecule has 31 heavy (non-hydrogen) atoms. The molecule has 166 valence electrons. The molecular formula is C25H32FNO3P+. The van der Waals surface area contributed by atoms with E-state index in [1.807, 2.05) is 30.3 Å². The molecule has 1 amide bonds. The van der Waals surface area contributed by atoms with Crippen LogP contribution in [0.1, 0.15) is 42.4 Å². The Morgan fingerprint density at radius 2 is 1.58 bits per heavy atom. The molecule has 0 saturated carbocycles. The van der Waals surface area contributed by atoms with Gasteiger partial charge in [-0.2, -0.15) is 0 Å². The van der Waals surface area contributed by atoms with Crippen molar-refractivity contribution < 1.29 is 18.7 Å². The lowest BCUT2D eigenvalue weighted by atomic mass is 10.1. The molecular weight excluding hydrogens is 412 g/mol. The predicted octanol–water partition coefficient (Wildman–Crippen LogP) is 5.72. The highest BCUT2D eigenvalue weighted by molar-refractivity contribution is 7.77. The number of benzene rings is 2. The smallest absolute Gasteiger partial charge is 0.344 e. The molecule has 0 bridgehead atoms. The maximum absolute atomic E-state index is 13.6. The van der Waals surface area contributed by atoms with Gasteiger partial charge in [0.15, 0.2) is 6.16 Å². The van der Waals surface area contributed by atoms with E-state index in [0.717, 1.165) is 43.6 Å². The van der Waals surface area contributed by atoms with Crippen molar-refractivity contribution in [2.75, 3.05) is 30.0 Å². The van der Waals surface area contributed by atoms with Crippen LogP contribution in [0, 0.1) is 19.7 Å². The van der Waals surface area contributed by atoms with Crippen LogP contribution in [0.5, 0.6) is 0 Å². The number of aryl methyl sites for hydroxylation is 2. The van der Waals surface area contributed by atoms with Crippen molar-refractivity contribution in [3.8, 4) is 0 Å². The van der Waals surface area contributed by atoms with Crippen LogP contribution in [-0.4, -0.2) is 36.5 Å². The fourth-order valence-corrected chi connectivity index (χ4v) is 8.46. The maximum Gasteiger partial charge on any atom is 0.344 e. The number of carbonyl (C=O) groups is 2. The van der Waals surface area contributed by atoms with Crippen molar-refractivity contribution in [2.24, 2.45) is 0 Å². The molecule has 2 aromatic carbocycles. The number of rotatable bonds is 7. The summed E-state index contributed by atoms with van der Waals surface area (Å²) < 4.78 is 19.2. The molecule has 0 aliphatic carbocycles. The zero-order chi connectivity index (χ0) is 22.3. The Balaban J connectivity index is 1.68. The second kappa shape index (κ2) is 10.9. The number of amides is 1. The molecule has 4 nitrogen and oxygen atoms in total. The molecule has 1 aliphatic heterocycles. The SMILES string of the molecule is Cc1cc(F)cc(C)c1NC(=O)C[P+]1(CC(=O)OCc2ccccc2)CCCCCC1. The Bertz CT molecular complexity index is 885. The first kappa shape index (κ1) is 23.4. The lowest BCUT2D eigenvalue weighted by Gasteiger charge is -2.25. The summed E-state index contributed by atoms with van der Waals surface area (Å²) in [5, 5.41) is 3.00. The maximum atomic E-state index is 13.6. The van der Waals surface area contributed by atoms with Gasteiger partial charge < -0.3 is 10.1 Å². The molecule has 0 radical (unpaired) electrons. The highest BCUT2D eigenvalue weighted by Gasteiger charge is 2.43. The molecule has 3 rings (SSSR count). The summed E-state index contributed by atoms with van der Waals surface area (Å²) in [5.74, 6) is -0.591. The summed E-state index contributed by atoms with van der Waals surface area (Å²) in [6.07, 6.45) is 7.04. The van der Waals surface area contributed by atoms with Crippen molar-refractivity contribution in [1.29, 1.82) is 0 Å². The van der Waals surface area contributed by atoms with Gasteiger partial charge in [-0.25, -0.2) is 9.18 Å². The molecule has 1 N–H and O–H groups in total. The molecule has 1 aliphatic rings. The van der Waals surface area contributed by atoms with Gasteiger partial charge in [-0.3, -0.25) is 4.79 Å². The second-order valence-corrected chi connectivity index (χ2v) is 12.8. The van der Waals surface area contributed by atoms with Gasteiger partial charge in [-0.1, -0.05) is 30.3 Å². The van der Waals surface area contributed by atoms with Gasteiger partial charge in [0.2, 0.25) is 0 Å². The highest BCUT2D eigenvalue weighted by atomic mass is 31.2. The van der Waals surface area contributed by atoms with Gasteiger partial charge >= 0.3 is 5.97 Å². The monoisotopic (exact) mass is 444 g/mol. The molecule has 0 unspecified atom stereocenters. The first-order valence-electron chi connectivity index (χ1n) is 11.0. The van der Waals surface area contributed by atoms with Crippen LogP contribution in [0.25, 0.3) is 0 Å². The van der Waals surface area contributed by atoms with Crippen molar-refractivity contribution in [3.63, 3.8) is 0 Å². The number of nitrogens with one attached hydrogen (secondary N) is 1. The normalized spacial score (nSPS) is 15.7. The largest absolute Gasteiger partial charge is 0.458 e. The lowest BCUT2D eigenvalue weighted by Crippen LogP contribution is -2.26. The predicted molar refractivity (Wildman–Crippen MR) is 126 cm³/mol. The van der Waals surface area contributed by atoms with Gasteiger partial charge in [0.1, 0.15) is 18.6 Å². The number of hydrogen-bond donors (Lipinski definition) is 1. The summed E-state index contributed by atoms with van der Waals surface area (Å²) in [7, 11) is -1.80. The first-order chi connectivity index (χ1) is 14.9. The van der Waals surface area contributed by atoms with Gasteiger partial charge in [0, 0.05) is 12.9 Å². The Hall–Kier alpha value is -2.26. The van der Waals surface area contributed by atoms with E-state index in [1.165, 1.54) is 12.1 Å². The van der Waals surface area contributed by atoms with Gasteiger partial charge in [-0.15, -0.1) is 0 Å². The Labute approximate surface area is 184 Å². The van der Waals surface area contributed by atoms with Gasteiger partial charge in [0.25, 0.3) is 5.91 Å². The number of anilines is 1. The highest BCUT2D eigenvalue weighted by Crippen LogP contribution is 2.61. The van der Waals surface area contributed by atoms with E-state index in [2.05, 4.69) is 5.32 Å². The minimum absolute atomic E-state index is 0.0797. The van der Waals surface area contributed by atoms with Crippen LogP contribution in [0.3, 0.4) is 0 Å². The van der Waals surface area contributed by atoms with Crippen molar-refractivity contribution in [2.45, 2.75) is 46.1 Å².